The first-order valence-electron chi connectivity index (χ1n) is 2.74. The van der Waals surface area contributed by atoms with Gasteiger partial charge in [0.15, 0.2) is 0 Å². The lowest BCUT2D eigenvalue weighted by Gasteiger charge is -2.28. The number of rotatable bonds is 3. The smallest absolute Gasteiger partial charge is 0.303 e. The first kappa shape index (κ1) is 14.8. The Kier molecular flexibility index (Phi) is 3.94. The Morgan fingerprint density at radius 3 is 1.13 bits per heavy atom. The van der Waals surface area contributed by atoms with Gasteiger partial charge >= 0.3 is 16.4 Å². The van der Waals surface area contributed by atoms with Gasteiger partial charge in [0, 0.05) is 0 Å². The van der Waals surface area contributed by atoms with Crippen molar-refractivity contribution in [2.24, 2.45) is 0 Å². The molecule has 0 amide bonds. The summed E-state index contributed by atoms with van der Waals surface area (Å²) >= 11 is -9.00. The van der Waals surface area contributed by atoms with E-state index in [1.165, 1.54) is 0 Å². The van der Waals surface area contributed by atoms with E-state index in [1.54, 1.807) is 0 Å². The van der Waals surface area contributed by atoms with Gasteiger partial charge in [-0.15, -0.1) is 0 Å². The van der Waals surface area contributed by atoms with Crippen molar-refractivity contribution >= 4 is 22.2 Å². The molecule has 0 aromatic heterocycles. The molecule has 0 aliphatic carbocycles. The summed E-state index contributed by atoms with van der Waals surface area (Å²) in [5, 5.41) is 0. The van der Waals surface area contributed by atoms with Gasteiger partial charge in [0.2, 0.25) is 22.2 Å². The van der Waals surface area contributed by atoms with E-state index in [-0.39, 0.29) is 0 Å². The maximum absolute atomic E-state index is 12.7. The van der Waals surface area contributed by atoms with Crippen molar-refractivity contribution in [3.05, 3.63) is 0 Å². The molecule has 0 saturated heterocycles. The molecular formula is C3H2F6O4S2. The van der Waals surface area contributed by atoms with E-state index in [1.807, 2.05) is 0 Å². The molecule has 0 aromatic rings. The van der Waals surface area contributed by atoms with Crippen LogP contribution in [0.2, 0.25) is 0 Å². The van der Waals surface area contributed by atoms with E-state index in [9.17, 15) is 34.8 Å². The zero-order chi connectivity index (χ0) is 12.7. The molecule has 0 heterocycles. The summed E-state index contributed by atoms with van der Waals surface area (Å²) in [5.41, 5.74) is 0. The highest BCUT2D eigenvalue weighted by Crippen LogP contribution is 2.48. The van der Waals surface area contributed by atoms with Gasteiger partial charge in [0.25, 0.3) is 0 Å². The predicted molar refractivity (Wildman–Crippen MR) is 36.4 cm³/mol. The van der Waals surface area contributed by atoms with Crippen molar-refractivity contribution < 1.29 is 43.9 Å². The fourth-order valence-corrected chi connectivity index (χ4v) is 1.61. The average molecular weight is 280 g/mol. The number of hydrogen-bond acceptors (Lipinski definition) is 2. The van der Waals surface area contributed by atoms with Crippen molar-refractivity contribution in [1.82, 2.24) is 0 Å². The van der Waals surface area contributed by atoms with E-state index >= 15 is 0 Å². The van der Waals surface area contributed by atoms with Crippen LogP contribution in [0.4, 0.5) is 26.3 Å². The van der Waals surface area contributed by atoms with Crippen LogP contribution in [-0.4, -0.2) is 34.0 Å². The van der Waals surface area contributed by atoms with Gasteiger partial charge in [-0.05, 0) is 0 Å². The van der Waals surface area contributed by atoms with Crippen molar-refractivity contribution in [2.75, 3.05) is 0 Å². The highest BCUT2D eigenvalue weighted by Gasteiger charge is 2.78. The minimum atomic E-state index is -6.57. The minimum absolute atomic E-state index is 4.50. The van der Waals surface area contributed by atoms with Crippen LogP contribution in [0.1, 0.15) is 0 Å². The van der Waals surface area contributed by atoms with E-state index in [4.69, 9.17) is 9.11 Å². The Labute approximate surface area is 83.2 Å². The first-order valence-corrected chi connectivity index (χ1v) is 4.95. The standard InChI is InChI=1S/C3H2F6O4S2/c4-1(5,2(6,7)8)3(9,14(10)11)15(12)13/h(H,10,11)(H,12,13). The predicted octanol–water partition coefficient (Wildman–Crippen LogP) is 1.25. The molecule has 4 nitrogen and oxygen atoms in total. The lowest BCUT2D eigenvalue weighted by atomic mass is 10.3. The fourth-order valence-electron chi connectivity index (χ4n) is 0.450. The largest absolute Gasteiger partial charge is 0.459 e. The molecule has 12 heteroatoms. The molecule has 0 radical (unpaired) electrons. The van der Waals surface area contributed by atoms with Gasteiger partial charge in [-0.3, -0.25) is 0 Å². The first-order chi connectivity index (χ1) is 6.39. The van der Waals surface area contributed by atoms with Crippen LogP contribution < -0.4 is 0 Å². The van der Waals surface area contributed by atoms with Crippen LogP contribution in [0.3, 0.4) is 0 Å². The Morgan fingerprint density at radius 1 is 0.800 bits per heavy atom. The van der Waals surface area contributed by atoms with Gasteiger partial charge in [-0.1, -0.05) is 0 Å². The number of hydrogen-bond donors (Lipinski definition) is 2. The van der Waals surface area contributed by atoms with Crippen LogP contribution >= 0.6 is 0 Å². The maximum Gasteiger partial charge on any atom is 0.459 e. The zero-order valence-electron chi connectivity index (χ0n) is 6.30. The number of halogens is 6. The van der Waals surface area contributed by atoms with Crippen LogP contribution in [0, 0.1) is 0 Å². The molecule has 0 aliphatic heterocycles. The molecular weight excluding hydrogens is 278 g/mol. The highest BCUT2D eigenvalue weighted by atomic mass is 32.3. The molecule has 0 spiro atoms. The second-order valence-electron chi connectivity index (χ2n) is 2.11. The fraction of sp³-hybridized carbons (Fsp3) is 1.00. The third-order valence-electron chi connectivity index (χ3n) is 1.18. The average Bonchev–Trinajstić information content (AvgIpc) is 1.99. The molecule has 0 aromatic carbocycles. The van der Waals surface area contributed by atoms with Gasteiger partial charge in [-0.2, -0.15) is 22.0 Å². The molecule has 0 fully saturated rings. The molecule has 2 N–H and O–H groups in total. The third-order valence-corrected chi connectivity index (χ3v) is 3.45. The van der Waals surface area contributed by atoms with Gasteiger partial charge < -0.3 is 9.11 Å². The Bertz CT molecular complexity index is 285. The minimum Gasteiger partial charge on any atom is -0.303 e. The lowest BCUT2D eigenvalue weighted by Crippen LogP contribution is -2.58. The summed E-state index contributed by atoms with van der Waals surface area (Å²) in [4.78, 5) is 0. The number of alkyl halides is 6. The Hall–Kier alpha value is -0.200. The summed E-state index contributed by atoms with van der Waals surface area (Å²) in [7, 11) is 0. The van der Waals surface area contributed by atoms with Crippen LogP contribution in [0.5, 0.6) is 0 Å². The Balaban J connectivity index is 5.68. The molecule has 92 valence electrons. The molecule has 0 saturated carbocycles. The highest BCUT2D eigenvalue weighted by molar-refractivity contribution is 7.98. The SMILES string of the molecule is O=S(O)C(F)(S(=O)O)C(F)(F)C(F)(F)F. The monoisotopic (exact) mass is 280 g/mol. The van der Waals surface area contributed by atoms with Crippen molar-refractivity contribution in [2.45, 2.75) is 16.4 Å². The summed E-state index contributed by atoms with van der Waals surface area (Å²) in [6, 6.07) is 0. The summed E-state index contributed by atoms with van der Waals surface area (Å²) in [6.45, 7) is 0. The molecule has 2 unspecified atom stereocenters. The van der Waals surface area contributed by atoms with Crippen molar-refractivity contribution in [1.29, 1.82) is 0 Å². The van der Waals surface area contributed by atoms with E-state index in [0.29, 0.717) is 0 Å². The topological polar surface area (TPSA) is 74.6 Å². The summed E-state index contributed by atoms with van der Waals surface area (Å²) in [5.74, 6) is -6.43. The van der Waals surface area contributed by atoms with Crippen LogP contribution in [0.15, 0.2) is 0 Å². The van der Waals surface area contributed by atoms with Gasteiger partial charge in [0.05, 0.1) is 0 Å². The summed E-state index contributed by atoms with van der Waals surface area (Å²) < 4.78 is 102. The second kappa shape index (κ2) is 3.99. The van der Waals surface area contributed by atoms with Crippen molar-refractivity contribution in [3.63, 3.8) is 0 Å². The van der Waals surface area contributed by atoms with Gasteiger partial charge in [0.1, 0.15) is 0 Å². The molecule has 0 bridgehead atoms. The zero-order valence-corrected chi connectivity index (χ0v) is 7.93. The lowest BCUT2D eigenvalue weighted by molar-refractivity contribution is -0.299. The van der Waals surface area contributed by atoms with Crippen molar-refractivity contribution in [3.8, 4) is 0 Å². The van der Waals surface area contributed by atoms with Crippen LogP contribution in [0.25, 0.3) is 0 Å². The van der Waals surface area contributed by atoms with Crippen LogP contribution in [-0.2, 0) is 22.2 Å². The molecule has 0 rings (SSSR count). The molecule has 15 heavy (non-hydrogen) atoms. The van der Waals surface area contributed by atoms with Gasteiger partial charge in [-0.25, -0.2) is 12.8 Å². The van der Waals surface area contributed by atoms with E-state index in [2.05, 4.69) is 0 Å². The molecule has 2 atom stereocenters. The van der Waals surface area contributed by atoms with E-state index < -0.39 is 38.6 Å². The third kappa shape index (κ3) is 2.16. The molecule has 0 aliphatic rings. The van der Waals surface area contributed by atoms with E-state index in [0.717, 1.165) is 0 Å². The normalized spacial score (nSPS) is 21.9. The Morgan fingerprint density at radius 2 is 1.07 bits per heavy atom. The second-order valence-corrected chi connectivity index (χ2v) is 4.49. The maximum atomic E-state index is 12.7. The quantitative estimate of drug-likeness (QED) is 0.602. The summed E-state index contributed by atoms with van der Waals surface area (Å²) in [6.07, 6.45) is -6.57.